The van der Waals surface area contributed by atoms with Crippen molar-refractivity contribution < 1.29 is 18.0 Å². The van der Waals surface area contributed by atoms with Gasteiger partial charge in [0.05, 0.1) is 0 Å². The molecule has 0 heterocycles. The van der Waals surface area contributed by atoms with Crippen LogP contribution in [0, 0.1) is 0 Å². The van der Waals surface area contributed by atoms with E-state index in [1.54, 1.807) is 0 Å². The van der Waals surface area contributed by atoms with Crippen molar-refractivity contribution >= 4 is 17.4 Å². The molecule has 0 radical (unpaired) electrons. The number of anilines is 1. The third kappa shape index (κ3) is 3.12. The molecule has 0 aromatic heterocycles. The fraction of sp³-hybridized carbons (Fsp3) is 0.100. The van der Waals surface area contributed by atoms with Gasteiger partial charge in [0, 0.05) is 18.2 Å². The fourth-order valence-corrected chi connectivity index (χ4v) is 1.01. The molecule has 0 bridgehead atoms. The number of hydrogen-bond donors (Lipinski definition) is 1. The standard InChI is InChI=1S/C10H8F3NO/c1-6(15)14-8-4-2-7(3-5-8)9(11)10(12)13/h2-5H,1H3,(H,14,15). The number of carbonyl (C=O) groups is 1. The highest BCUT2D eigenvalue weighted by molar-refractivity contribution is 5.88. The van der Waals surface area contributed by atoms with E-state index in [0.717, 1.165) is 0 Å². The van der Waals surface area contributed by atoms with Crippen LogP contribution in [0.5, 0.6) is 0 Å². The average Bonchev–Trinajstić information content (AvgIpc) is 2.17. The highest BCUT2D eigenvalue weighted by Crippen LogP contribution is 2.23. The minimum Gasteiger partial charge on any atom is -0.326 e. The second-order valence-corrected chi connectivity index (χ2v) is 2.83. The van der Waals surface area contributed by atoms with E-state index in [-0.39, 0.29) is 11.5 Å². The Bertz CT molecular complexity index is 394. The van der Waals surface area contributed by atoms with Gasteiger partial charge in [-0.3, -0.25) is 4.79 Å². The van der Waals surface area contributed by atoms with Gasteiger partial charge in [0.15, 0.2) is 5.83 Å². The molecular formula is C10H8F3NO. The van der Waals surface area contributed by atoms with E-state index in [9.17, 15) is 18.0 Å². The molecule has 1 aromatic carbocycles. The van der Waals surface area contributed by atoms with Gasteiger partial charge in [0.25, 0.3) is 0 Å². The molecule has 1 rings (SSSR count). The van der Waals surface area contributed by atoms with Gasteiger partial charge in [-0.05, 0) is 24.3 Å². The number of hydrogen-bond acceptors (Lipinski definition) is 1. The molecule has 1 aromatic rings. The van der Waals surface area contributed by atoms with Crippen molar-refractivity contribution in [1.29, 1.82) is 0 Å². The fourth-order valence-electron chi connectivity index (χ4n) is 1.01. The lowest BCUT2D eigenvalue weighted by atomic mass is 10.2. The number of halogens is 3. The van der Waals surface area contributed by atoms with Crippen LogP contribution in [0.3, 0.4) is 0 Å². The van der Waals surface area contributed by atoms with Crippen LogP contribution in [-0.4, -0.2) is 5.91 Å². The Labute approximate surface area is 84.4 Å². The Kier molecular flexibility index (Phi) is 3.49. The van der Waals surface area contributed by atoms with E-state index < -0.39 is 11.9 Å². The molecule has 80 valence electrons. The molecule has 0 saturated carbocycles. The first-order valence-electron chi connectivity index (χ1n) is 4.09. The summed E-state index contributed by atoms with van der Waals surface area (Å²) in [5.74, 6) is -1.83. The van der Waals surface area contributed by atoms with E-state index in [1.165, 1.54) is 31.2 Å². The van der Waals surface area contributed by atoms with Crippen LogP contribution < -0.4 is 5.32 Å². The first-order chi connectivity index (χ1) is 7.00. The average molecular weight is 215 g/mol. The molecule has 0 aliphatic rings. The van der Waals surface area contributed by atoms with Gasteiger partial charge >= 0.3 is 6.08 Å². The van der Waals surface area contributed by atoms with Gasteiger partial charge in [0.1, 0.15) is 0 Å². The zero-order chi connectivity index (χ0) is 11.4. The Morgan fingerprint density at radius 3 is 2.07 bits per heavy atom. The van der Waals surface area contributed by atoms with Crippen LogP contribution in [-0.2, 0) is 4.79 Å². The van der Waals surface area contributed by atoms with Crippen molar-refractivity contribution in [2.24, 2.45) is 0 Å². The first-order valence-corrected chi connectivity index (χ1v) is 4.09. The van der Waals surface area contributed by atoms with Crippen molar-refractivity contribution in [3.8, 4) is 0 Å². The van der Waals surface area contributed by atoms with Gasteiger partial charge in [-0.1, -0.05) is 0 Å². The van der Waals surface area contributed by atoms with Crippen molar-refractivity contribution in [1.82, 2.24) is 0 Å². The van der Waals surface area contributed by atoms with Gasteiger partial charge in [-0.15, -0.1) is 0 Å². The molecule has 1 amide bonds. The zero-order valence-electron chi connectivity index (χ0n) is 7.85. The van der Waals surface area contributed by atoms with Crippen molar-refractivity contribution in [3.05, 3.63) is 35.9 Å². The summed E-state index contributed by atoms with van der Waals surface area (Å²) >= 11 is 0. The normalized spacial score (nSPS) is 9.60. The molecule has 1 N–H and O–H groups in total. The second kappa shape index (κ2) is 4.63. The maximum Gasteiger partial charge on any atom is 0.306 e. The van der Waals surface area contributed by atoms with Crippen LogP contribution in [0.15, 0.2) is 30.3 Å². The predicted octanol–water partition coefficient (Wildman–Crippen LogP) is 3.18. The third-order valence-corrected chi connectivity index (χ3v) is 1.62. The SMILES string of the molecule is CC(=O)Nc1ccc(C(F)=C(F)F)cc1. The Hall–Kier alpha value is -1.78. The minimum atomic E-state index is -2.36. The van der Waals surface area contributed by atoms with E-state index in [2.05, 4.69) is 5.32 Å². The van der Waals surface area contributed by atoms with E-state index >= 15 is 0 Å². The Morgan fingerprint density at radius 2 is 1.67 bits per heavy atom. The lowest BCUT2D eigenvalue weighted by molar-refractivity contribution is -0.114. The molecule has 0 atom stereocenters. The van der Waals surface area contributed by atoms with Crippen molar-refractivity contribution in [2.75, 3.05) is 5.32 Å². The van der Waals surface area contributed by atoms with Crippen molar-refractivity contribution in [2.45, 2.75) is 6.92 Å². The maximum absolute atomic E-state index is 12.7. The molecule has 0 aliphatic carbocycles. The second-order valence-electron chi connectivity index (χ2n) is 2.83. The monoisotopic (exact) mass is 215 g/mol. The summed E-state index contributed by atoms with van der Waals surface area (Å²) in [6.07, 6.45) is -2.36. The van der Waals surface area contributed by atoms with Crippen LogP contribution >= 0.6 is 0 Å². The molecule has 0 saturated heterocycles. The van der Waals surface area contributed by atoms with Crippen LogP contribution in [0.4, 0.5) is 18.9 Å². The van der Waals surface area contributed by atoms with Crippen LogP contribution in [0.1, 0.15) is 12.5 Å². The Morgan fingerprint density at radius 1 is 1.13 bits per heavy atom. The number of rotatable bonds is 2. The van der Waals surface area contributed by atoms with Gasteiger partial charge in [-0.25, -0.2) is 4.39 Å². The quantitative estimate of drug-likeness (QED) is 0.806. The molecule has 0 unspecified atom stereocenters. The summed E-state index contributed by atoms with van der Waals surface area (Å²) in [7, 11) is 0. The van der Waals surface area contributed by atoms with E-state index in [4.69, 9.17) is 0 Å². The topological polar surface area (TPSA) is 29.1 Å². The third-order valence-electron chi connectivity index (χ3n) is 1.62. The lowest BCUT2D eigenvalue weighted by Gasteiger charge is -2.02. The number of benzene rings is 1. The lowest BCUT2D eigenvalue weighted by Crippen LogP contribution is -2.05. The molecule has 2 nitrogen and oxygen atoms in total. The molecule has 0 fully saturated rings. The number of nitrogens with one attached hydrogen (secondary N) is 1. The van der Waals surface area contributed by atoms with Crippen molar-refractivity contribution in [3.63, 3.8) is 0 Å². The summed E-state index contributed by atoms with van der Waals surface area (Å²) in [5.41, 5.74) is 0.211. The Balaban J connectivity index is 2.90. The summed E-state index contributed by atoms with van der Waals surface area (Å²) in [4.78, 5) is 10.6. The first kappa shape index (κ1) is 11.3. The van der Waals surface area contributed by atoms with Gasteiger partial charge in [-0.2, -0.15) is 8.78 Å². The molecule has 15 heavy (non-hydrogen) atoms. The smallest absolute Gasteiger partial charge is 0.306 e. The maximum atomic E-state index is 12.7. The summed E-state index contributed by atoms with van der Waals surface area (Å²) in [6.45, 7) is 1.32. The molecule has 0 spiro atoms. The highest BCUT2D eigenvalue weighted by atomic mass is 19.3. The van der Waals surface area contributed by atoms with Gasteiger partial charge < -0.3 is 5.32 Å². The molecule has 5 heteroatoms. The molecule has 0 aliphatic heterocycles. The number of amides is 1. The minimum absolute atomic E-state index is 0.218. The zero-order valence-corrected chi connectivity index (χ0v) is 7.85. The van der Waals surface area contributed by atoms with Crippen LogP contribution in [0.25, 0.3) is 5.83 Å². The largest absolute Gasteiger partial charge is 0.326 e. The van der Waals surface area contributed by atoms with Gasteiger partial charge in [0.2, 0.25) is 5.91 Å². The van der Waals surface area contributed by atoms with E-state index in [0.29, 0.717) is 5.69 Å². The predicted molar refractivity (Wildman–Crippen MR) is 51.0 cm³/mol. The summed E-state index contributed by atoms with van der Waals surface area (Å²) in [6, 6.07) is 5.03. The summed E-state index contributed by atoms with van der Waals surface area (Å²) in [5, 5.41) is 2.44. The van der Waals surface area contributed by atoms with E-state index in [1.807, 2.05) is 0 Å². The molecular weight excluding hydrogens is 207 g/mol. The number of carbonyl (C=O) groups excluding carboxylic acids is 1. The highest BCUT2D eigenvalue weighted by Gasteiger charge is 2.07. The van der Waals surface area contributed by atoms with Crippen LogP contribution in [0.2, 0.25) is 0 Å². The summed E-state index contributed by atoms with van der Waals surface area (Å²) < 4.78 is 36.4.